The molecule has 3 aromatic rings. The quantitative estimate of drug-likeness (QED) is 0.437. The van der Waals surface area contributed by atoms with Gasteiger partial charge in [0.1, 0.15) is 11.4 Å². The molecule has 1 aliphatic carbocycles. The number of methoxy groups -OCH3 is 1. The fraction of sp³-hybridized carbons (Fsp3) is 0.519. The van der Waals surface area contributed by atoms with Crippen LogP contribution in [-0.2, 0) is 17.5 Å². The van der Waals surface area contributed by atoms with E-state index in [9.17, 15) is 18.0 Å². The van der Waals surface area contributed by atoms with Crippen molar-refractivity contribution >= 4 is 22.8 Å². The second-order valence-electron chi connectivity index (χ2n) is 10.8. The van der Waals surface area contributed by atoms with Crippen molar-refractivity contribution in [1.29, 1.82) is 0 Å². The summed E-state index contributed by atoms with van der Waals surface area (Å²) in [7, 11) is 1.56. The highest BCUT2D eigenvalue weighted by Crippen LogP contribution is 2.48. The molecule has 1 amide bonds. The van der Waals surface area contributed by atoms with Crippen LogP contribution in [0.2, 0.25) is 0 Å². The molecule has 3 heterocycles. The minimum absolute atomic E-state index is 0.0288. The second-order valence-corrected chi connectivity index (χ2v) is 10.8. The van der Waals surface area contributed by atoms with Gasteiger partial charge in [0, 0.05) is 32.4 Å². The summed E-state index contributed by atoms with van der Waals surface area (Å²) in [5.41, 5.74) is 0.782. The second kappa shape index (κ2) is 9.67. The van der Waals surface area contributed by atoms with E-state index in [1.165, 1.54) is 4.68 Å². The van der Waals surface area contributed by atoms with Gasteiger partial charge in [0.05, 0.1) is 24.7 Å². The summed E-state index contributed by atoms with van der Waals surface area (Å²) in [5.74, 6) is 0.840. The number of pyridine rings is 1. The Balaban J connectivity index is 1.53. The van der Waals surface area contributed by atoms with Crippen molar-refractivity contribution < 1.29 is 27.4 Å². The predicted molar refractivity (Wildman–Crippen MR) is 137 cm³/mol. The first kappa shape index (κ1) is 26.1. The van der Waals surface area contributed by atoms with E-state index < -0.39 is 23.6 Å². The number of carbonyl (C=O) groups excluding carboxylic acids is 1. The first-order chi connectivity index (χ1) is 17.9. The number of amides is 1. The average molecular weight is 532 g/mol. The first-order valence-electron chi connectivity index (χ1n) is 12.8. The van der Waals surface area contributed by atoms with Crippen LogP contribution in [0.4, 0.5) is 23.7 Å². The fourth-order valence-electron chi connectivity index (χ4n) is 4.82. The van der Waals surface area contributed by atoms with E-state index in [1.54, 1.807) is 63.2 Å². The zero-order chi connectivity index (χ0) is 27.2. The Morgan fingerprint density at radius 2 is 1.71 bits per heavy atom. The number of nitrogens with zero attached hydrogens (tertiary/aromatic N) is 5. The van der Waals surface area contributed by atoms with Gasteiger partial charge in [-0.25, -0.2) is 14.5 Å². The monoisotopic (exact) mass is 531 g/mol. The number of benzene rings is 1. The zero-order valence-electron chi connectivity index (χ0n) is 22.0. The third-order valence-corrected chi connectivity index (χ3v) is 6.79. The Kier molecular flexibility index (Phi) is 6.65. The van der Waals surface area contributed by atoms with Crippen LogP contribution in [0.25, 0.3) is 11.0 Å². The van der Waals surface area contributed by atoms with E-state index in [0.29, 0.717) is 37.6 Å². The maximum atomic E-state index is 14.4. The topological polar surface area (TPSA) is 72.7 Å². The van der Waals surface area contributed by atoms with Crippen LogP contribution in [-0.4, -0.2) is 64.6 Å². The summed E-state index contributed by atoms with van der Waals surface area (Å²) in [6.45, 7) is 7.03. The normalized spacial score (nSPS) is 16.7. The van der Waals surface area contributed by atoms with Gasteiger partial charge in [0.2, 0.25) is 0 Å². The number of piperazine rings is 1. The van der Waals surface area contributed by atoms with Crippen LogP contribution >= 0.6 is 0 Å². The van der Waals surface area contributed by atoms with Crippen LogP contribution in [0.3, 0.4) is 0 Å². The maximum Gasteiger partial charge on any atom is 0.435 e. The summed E-state index contributed by atoms with van der Waals surface area (Å²) in [6, 6.07) is 7.13. The average Bonchev–Trinajstić information content (AvgIpc) is 3.64. The van der Waals surface area contributed by atoms with Crippen molar-refractivity contribution in [1.82, 2.24) is 19.7 Å². The molecule has 8 nitrogen and oxygen atoms in total. The number of anilines is 1. The SMILES string of the molecule is COc1ccc(Cn2nc(C(F)(F)F)c3c(N4CCN(C(=O)OC(C)(C)C)CC4)c(C4CC4)cnc32)cc1. The number of rotatable bonds is 5. The standard InChI is InChI=1S/C27H32F3N5O3/c1-26(2,3)38-25(36)34-13-11-33(12-14-34)22-20(18-7-8-18)15-31-24-21(22)23(27(28,29)30)32-35(24)16-17-5-9-19(37-4)10-6-17/h5-6,9-10,15,18H,7-8,11-14,16H2,1-4H3. The van der Waals surface area contributed by atoms with Gasteiger partial charge < -0.3 is 19.3 Å². The molecule has 0 atom stereocenters. The van der Waals surface area contributed by atoms with E-state index in [0.717, 1.165) is 24.0 Å². The molecule has 1 saturated carbocycles. The smallest absolute Gasteiger partial charge is 0.435 e. The molecule has 0 unspecified atom stereocenters. The van der Waals surface area contributed by atoms with E-state index in [1.807, 2.05) is 4.90 Å². The molecular weight excluding hydrogens is 499 g/mol. The lowest BCUT2D eigenvalue weighted by molar-refractivity contribution is -0.140. The van der Waals surface area contributed by atoms with Gasteiger partial charge in [0.15, 0.2) is 11.3 Å². The first-order valence-corrected chi connectivity index (χ1v) is 12.8. The lowest BCUT2D eigenvalue weighted by atomic mass is 10.0. The largest absolute Gasteiger partial charge is 0.497 e. The van der Waals surface area contributed by atoms with Gasteiger partial charge in [-0.05, 0) is 62.8 Å². The Bertz CT molecular complexity index is 1320. The van der Waals surface area contributed by atoms with Gasteiger partial charge in [0.25, 0.3) is 0 Å². The van der Waals surface area contributed by atoms with Gasteiger partial charge in [-0.15, -0.1) is 0 Å². The minimum atomic E-state index is -4.65. The molecule has 1 aliphatic heterocycles. The van der Waals surface area contributed by atoms with Crippen LogP contribution in [0, 0.1) is 0 Å². The van der Waals surface area contributed by atoms with Gasteiger partial charge in [-0.2, -0.15) is 18.3 Å². The maximum absolute atomic E-state index is 14.4. The molecule has 1 saturated heterocycles. The summed E-state index contributed by atoms with van der Waals surface area (Å²) < 4.78 is 55.1. The number of aromatic nitrogens is 3. The number of carbonyl (C=O) groups is 1. The molecule has 0 radical (unpaired) electrons. The summed E-state index contributed by atoms with van der Waals surface area (Å²) in [5, 5.41) is 4.07. The Hall–Kier alpha value is -3.50. The Labute approximate surface area is 219 Å². The highest BCUT2D eigenvalue weighted by molar-refractivity contribution is 5.95. The molecule has 2 aliphatic rings. The van der Waals surface area contributed by atoms with Crippen LogP contribution < -0.4 is 9.64 Å². The fourth-order valence-corrected chi connectivity index (χ4v) is 4.82. The number of hydrogen-bond acceptors (Lipinski definition) is 6. The molecular formula is C27H32F3N5O3. The molecule has 204 valence electrons. The van der Waals surface area contributed by atoms with Crippen molar-refractivity contribution in [3.63, 3.8) is 0 Å². The summed E-state index contributed by atoms with van der Waals surface area (Å²) in [4.78, 5) is 20.6. The van der Waals surface area contributed by atoms with Gasteiger partial charge in [-0.3, -0.25) is 0 Å². The molecule has 0 bridgehead atoms. The highest BCUT2D eigenvalue weighted by atomic mass is 19.4. The van der Waals surface area contributed by atoms with E-state index in [2.05, 4.69) is 10.1 Å². The van der Waals surface area contributed by atoms with Crippen LogP contribution in [0.15, 0.2) is 30.5 Å². The number of fused-ring (bicyclic) bond motifs is 1. The van der Waals surface area contributed by atoms with Gasteiger partial charge in [-0.1, -0.05) is 12.1 Å². The Morgan fingerprint density at radius 1 is 1.05 bits per heavy atom. The Morgan fingerprint density at radius 3 is 2.26 bits per heavy atom. The third kappa shape index (κ3) is 5.37. The highest BCUT2D eigenvalue weighted by Gasteiger charge is 2.41. The summed E-state index contributed by atoms with van der Waals surface area (Å²) >= 11 is 0. The van der Waals surface area contributed by atoms with E-state index in [4.69, 9.17) is 9.47 Å². The molecule has 1 aromatic carbocycles. The van der Waals surface area contributed by atoms with Crippen molar-refractivity contribution in [3.05, 3.63) is 47.3 Å². The molecule has 2 aromatic heterocycles. The van der Waals surface area contributed by atoms with Crippen molar-refractivity contribution in [2.45, 2.75) is 57.9 Å². The molecule has 5 rings (SSSR count). The summed E-state index contributed by atoms with van der Waals surface area (Å²) in [6.07, 6.45) is -1.52. The molecule has 38 heavy (non-hydrogen) atoms. The van der Waals surface area contributed by atoms with Crippen molar-refractivity contribution in [3.8, 4) is 5.75 Å². The number of halogens is 3. The van der Waals surface area contributed by atoms with E-state index in [-0.39, 0.29) is 23.5 Å². The van der Waals surface area contributed by atoms with Gasteiger partial charge >= 0.3 is 12.3 Å². The van der Waals surface area contributed by atoms with E-state index >= 15 is 0 Å². The third-order valence-electron chi connectivity index (χ3n) is 6.79. The lowest BCUT2D eigenvalue weighted by Crippen LogP contribution is -2.50. The van der Waals surface area contributed by atoms with Crippen LogP contribution in [0.1, 0.15) is 56.4 Å². The number of hydrogen-bond donors (Lipinski definition) is 0. The zero-order valence-corrected chi connectivity index (χ0v) is 22.0. The molecule has 11 heteroatoms. The van der Waals surface area contributed by atoms with Crippen LogP contribution in [0.5, 0.6) is 5.75 Å². The number of alkyl halides is 3. The van der Waals surface area contributed by atoms with Crippen molar-refractivity contribution in [2.24, 2.45) is 0 Å². The molecule has 0 spiro atoms. The minimum Gasteiger partial charge on any atom is -0.497 e. The van der Waals surface area contributed by atoms with Crippen molar-refractivity contribution in [2.75, 3.05) is 38.2 Å². The lowest BCUT2D eigenvalue weighted by Gasteiger charge is -2.37. The number of ether oxygens (including phenoxy) is 2. The molecule has 2 fully saturated rings. The predicted octanol–water partition coefficient (Wildman–Crippen LogP) is 5.44. The molecule has 0 N–H and O–H groups in total.